The molecule has 0 bridgehead atoms. The summed E-state index contributed by atoms with van der Waals surface area (Å²) in [5.74, 6) is -0.824. The van der Waals surface area contributed by atoms with E-state index in [0.717, 1.165) is 0 Å². The number of esters is 1. The van der Waals surface area contributed by atoms with Crippen molar-refractivity contribution < 1.29 is 23.1 Å². The first-order valence-electron chi connectivity index (χ1n) is 4.72. The predicted octanol–water partition coefficient (Wildman–Crippen LogP) is -1.70. The maximum atomic E-state index is 11.1. The van der Waals surface area contributed by atoms with Crippen molar-refractivity contribution in [1.82, 2.24) is 5.32 Å². The molecule has 1 aliphatic rings. The Hall–Kier alpha value is -0.660. The van der Waals surface area contributed by atoms with Crippen molar-refractivity contribution in [2.75, 3.05) is 24.7 Å². The number of aliphatic hydroxyl groups excluding tert-OH is 1. The van der Waals surface area contributed by atoms with Gasteiger partial charge in [-0.05, 0) is 6.92 Å². The van der Waals surface area contributed by atoms with Crippen molar-refractivity contribution in [2.24, 2.45) is 0 Å². The molecular weight excluding hydrogens is 222 g/mol. The molecule has 1 fully saturated rings. The van der Waals surface area contributed by atoms with Crippen molar-refractivity contribution in [3.05, 3.63) is 0 Å². The molecular formula is C8H15NO5S. The van der Waals surface area contributed by atoms with E-state index in [2.05, 4.69) is 10.1 Å². The van der Waals surface area contributed by atoms with Crippen LogP contribution in [0.3, 0.4) is 0 Å². The first kappa shape index (κ1) is 12.4. The van der Waals surface area contributed by atoms with Gasteiger partial charge in [0.05, 0.1) is 30.8 Å². The van der Waals surface area contributed by atoms with Gasteiger partial charge in [-0.2, -0.15) is 0 Å². The second-order valence-electron chi connectivity index (χ2n) is 3.44. The number of nitrogens with one attached hydrogen (secondary N) is 1. The minimum atomic E-state index is -3.17. The number of hydrogen-bond acceptors (Lipinski definition) is 6. The summed E-state index contributed by atoms with van der Waals surface area (Å²) in [5.41, 5.74) is 0. The SMILES string of the molecule is CCOC(=O)CN[C@@H]1CS(=O)(=O)C[C@H]1O. The van der Waals surface area contributed by atoms with Crippen molar-refractivity contribution in [3.63, 3.8) is 0 Å². The molecule has 0 radical (unpaired) electrons. The van der Waals surface area contributed by atoms with Crippen LogP contribution in [-0.4, -0.2) is 56.3 Å². The highest BCUT2D eigenvalue weighted by Gasteiger charge is 2.36. The highest BCUT2D eigenvalue weighted by Crippen LogP contribution is 2.11. The highest BCUT2D eigenvalue weighted by atomic mass is 32.2. The van der Waals surface area contributed by atoms with Gasteiger partial charge in [-0.3, -0.25) is 4.79 Å². The lowest BCUT2D eigenvalue weighted by atomic mass is 10.2. The zero-order valence-corrected chi connectivity index (χ0v) is 9.29. The minimum absolute atomic E-state index is 0.0783. The van der Waals surface area contributed by atoms with Crippen LogP contribution in [0.2, 0.25) is 0 Å². The lowest BCUT2D eigenvalue weighted by Crippen LogP contribution is -2.41. The molecule has 0 aromatic carbocycles. The summed E-state index contributed by atoms with van der Waals surface area (Å²) in [6.45, 7) is 1.89. The summed E-state index contributed by atoms with van der Waals surface area (Å²) < 4.78 is 26.9. The van der Waals surface area contributed by atoms with E-state index in [1.165, 1.54) is 0 Å². The van der Waals surface area contributed by atoms with E-state index in [1.807, 2.05) is 0 Å². The minimum Gasteiger partial charge on any atom is -0.465 e. The molecule has 0 unspecified atom stereocenters. The molecule has 0 saturated carbocycles. The van der Waals surface area contributed by atoms with Crippen molar-refractivity contribution in [2.45, 2.75) is 19.1 Å². The Balaban J connectivity index is 2.37. The average Bonchev–Trinajstić information content (AvgIpc) is 2.36. The molecule has 88 valence electrons. The molecule has 0 spiro atoms. The number of aliphatic hydroxyl groups is 1. The Morgan fingerprint density at radius 3 is 2.67 bits per heavy atom. The number of ether oxygens (including phenoxy) is 1. The van der Waals surface area contributed by atoms with Gasteiger partial charge in [0.15, 0.2) is 9.84 Å². The predicted molar refractivity (Wildman–Crippen MR) is 53.1 cm³/mol. The van der Waals surface area contributed by atoms with E-state index in [1.54, 1.807) is 6.92 Å². The van der Waals surface area contributed by atoms with Gasteiger partial charge < -0.3 is 15.2 Å². The fourth-order valence-corrected chi connectivity index (χ4v) is 3.23. The van der Waals surface area contributed by atoms with E-state index in [9.17, 15) is 18.3 Å². The van der Waals surface area contributed by atoms with E-state index in [4.69, 9.17) is 0 Å². The number of carbonyl (C=O) groups is 1. The molecule has 0 amide bonds. The van der Waals surface area contributed by atoms with Gasteiger partial charge in [0, 0.05) is 6.04 Å². The Bertz CT molecular complexity index is 326. The van der Waals surface area contributed by atoms with Gasteiger partial charge in [-0.25, -0.2) is 8.42 Å². The van der Waals surface area contributed by atoms with E-state index < -0.39 is 28.0 Å². The van der Waals surface area contributed by atoms with Gasteiger partial charge >= 0.3 is 5.97 Å². The molecule has 1 rings (SSSR count). The van der Waals surface area contributed by atoms with Crippen LogP contribution in [0.15, 0.2) is 0 Å². The van der Waals surface area contributed by atoms with Crippen LogP contribution in [0.1, 0.15) is 6.92 Å². The first-order chi connectivity index (χ1) is 6.94. The topological polar surface area (TPSA) is 92.7 Å². The van der Waals surface area contributed by atoms with Crippen molar-refractivity contribution in [1.29, 1.82) is 0 Å². The quantitative estimate of drug-likeness (QED) is 0.566. The monoisotopic (exact) mass is 237 g/mol. The van der Waals surface area contributed by atoms with Crippen molar-refractivity contribution in [3.8, 4) is 0 Å². The molecule has 0 aromatic rings. The maximum absolute atomic E-state index is 11.1. The van der Waals surface area contributed by atoms with Gasteiger partial charge in [0.1, 0.15) is 0 Å². The van der Waals surface area contributed by atoms with Crippen LogP contribution in [-0.2, 0) is 19.4 Å². The first-order valence-corrected chi connectivity index (χ1v) is 6.54. The van der Waals surface area contributed by atoms with E-state index >= 15 is 0 Å². The molecule has 2 N–H and O–H groups in total. The molecule has 15 heavy (non-hydrogen) atoms. The molecule has 1 aliphatic heterocycles. The summed E-state index contributed by atoms with van der Waals surface area (Å²) in [6.07, 6.45) is -0.940. The lowest BCUT2D eigenvalue weighted by molar-refractivity contribution is -0.142. The Kier molecular flexibility index (Phi) is 4.06. The third-order valence-electron chi connectivity index (χ3n) is 2.14. The summed E-state index contributed by atoms with van der Waals surface area (Å²) >= 11 is 0. The second kappa shape index (κ2) is 4.91. The van der Waals surface area contributed by atoms with Crippen LogP contribution in [0.25, 0.3) is 0 Å². The van der Waals surface area contributed by atoms with E-state index in [-0.39, 0.29) is 24.7 Å². The normalized spacial score (nSPS) is 28.9. The number of hydrogen-bond donors (Lipinski definition) is 2. The van der Waals surface area contributed by atoms with Crippen LogP contribution < -0.4 is 5.32 Å². The summed E-state index contributed by atoms with van der Waals surface area (Å²) in [4.78, 5) is 11.0. The molecule has 0 aromatic heterocycles. The molecule has 1 heterocycles. The molecule has 7 heteroatoms. The van der Waals surface area contributed by atoms with Gasteiger partial charge in [-0.15, -0.1) is 0 Å². The van der Waals surface area contributed by atoms with Crippen LogP contribution in [0.4, 0.5) is 0 Å². The maximum Gasteiger partial charge on any atom is 0.319 e. The molecule has 0 aliphatic carbocycles. The smallest absolute Gasteiger partial charge is 0.319 e. The van der Waals surface area contributed by atoms with Crippen molar-refractivity contribution >= 4 is 15.8 Å². The molecule has 6 nitrogen and oxygen atoms in total. The van der Waals surface area contributed by atoms with E-state index in [0.29, 0.717) is 0 Å². The lowest BCUT2D eigenvalue weighted by Gasteiger charge is -2.13. The standard InChI is InChI=1S/C8H15NO5S/c1-2-14-8(11)3-9-6-4-15(12,13)5-7(6)10/h6-7,9-10H,2-5H2,1H3/t6-,7-/m1/s1. The highest BCUT2D eigenvalue weighted by molar-refractivity contribution is 7.91. The number of carbonyl (C=O) groups excluding carboxylic acids is 1. The van der Waals surface area contributed by atoms with Gasteiger partial charge in [0.25, 0.3) is 0 Å². The van der Waals surface area contributed by atoms with Crippen LogP contribution in [0, 0.1) is 0 Å². The summed E-state index contributed by atoms with van der Waals surface area (Å²) in [6, 6.07) is -0.570. The summed E-state index contributed by atoms with van der Waals surface area (Å²) in [5, 5.41) is 12.0. The van der Waals surface area contributed by atoms with Gasteiger partial charge in [0.2, 0.25) is 0 Å². The zero-order chi connectivity index (χ0) is 11.5. The molecule has 1 saturated heterocycles. The third kappa shape index (κ3) is 3.77. The fourth-order valence-electron chi connectivity index (χ4n) is 1.45. The number of sulfone groups is 1. The fraction of sp³-hybridized carbons (Fsp3) is 0.875. The summed E-state index contributed by atoms with van der Waals surface area (Å²) in [7, 11) is -3.17. The largest absolute Gasteiger partial charge is 0.465 e. The zero-order valence-electron chi connectivity index (χ0n) is 8.47. The Morgan fingerprint density at radius 1 is 1.53 bits per heavy atom. The van der Waals surface area contributed by atoms with Crippen LogP contribution >= 0.6 is 0 Å². The second-order valence-corrected chi connectivity index (χ2v) is 5.59. The Morgan fingerprint density at radius 2 is 2.20 bits per heavy atom. The number of rotatable bonds is 4. The average molecular weight is 237 g/mol. The Labute approximate surface area is 88.5 Å². The third-order valence-corrected chi connectivity index (χ3v) is 3.85. The molecule has 2 atom stereocenters. The van der Waals surface area contributed by atoms with Gasteiger partial charge in [-0.1, -0.05) is 0 Å². The van der Waals surface area contributed by atoms with Crippen LogP contribution in [0.5, 0.6) is 0 Å².